The van der Waals surface area contributed by atoms with Crippen molar-refractivity contribution in [1.29, 1.82) is 0 Å². The van der Waals surface area contributed by atoms with Gasteiger partial charge in [0.15, 0.2) is 0 Å². The lowest BCUT2D eigenvalue weighted by Crippen LogP contribution is -2.24. The van der Waals surface area contributed by atoms with Crippen molar-refractivity contribution < 1.29 is 4.92 Å². The summed E-state index contributed by atoms with van der Waals surface area (Å²) in [7, 11) is 0. The summed E-state index contributed by atoms with van der Waals surface area (Å²) in [6.07, 6.45) is 3.88. The van der Waals surface area contributed by atoms with Crippen LogP contribution in [0.25, 0.3) is 0 Å². The second-order valence-corrected chi connectivity index (χ2v) is 7.36. The van der Waals surface area contributed by atoms with Gasteiger partial charge in [-0.05, 0) is 37.2 Å². The minimum atomic E-state index is -0.279. The zero-order valence-corrected chi connectivity index (χ0v) is 12.2. The third kappa shape index (κ3) is 2.07. The number of rotatable bonds is 3. The summed E-state index contributed by atoms with van der Waals surface area (Å²) in [5.41, 5.74) is 0.241. The van der Waals surface area contributed by atoms with Crippen molar-refractivity contribution in [1.82, 2.24) is 0 Å². The van der Waals surface area contributed by atoms with Crippen molar-refractivity contribution in [2.24, 2.45) is 11.8 Å². The highest BCUT2D eigenvalue weighted by molar-refractivity contribution is 9.09. The number of halogens is 1. The van der Waals surface area contributed by atoms with Gasteiger partial charge >= 0.3 is 0 Å². The van der Waals surface area contributed by atoms with Gasteiger partial charge in [-0.2, -0.15) is 0 Å². The number of hydrogen-bond acceptors (Lipinski definition) is 3. The van der Waals surface area contributed by atoms with Crippen molar-refractivity contribution in [3.05, 3.63) is 34.4 Å². The SMILES string of the molecule is O=[N+]([O-])c1ccccc1S[C@@H]1[C@H]2CC[C@@H](C2)[C@@H]1Br. The standard InChI is InChI=1S/C13H14BrNO2S/c14-12-8-5-6-9(7-8)13(12)18-11-4-2-1-3-10(11)15(16)17/h1-4,8-9,12-13H,5-7H2/t8-,9-,12-,13+/m0/s1. The zero-order valence-electron chi connectivity index (χ0n) is 9.79. The maximum Gasteiger partial charge on any atom is 0.282 e. The van der Waals surface area contributed by atoms with Crippen LogP contribution in [0.2, 0.25) is 0 Å². The van der Waals surface area contributed by atoms with Gasteiger partial charge in [-0.1, -0.05) is 28.1 Å². The number of benzene rings is 1. The molecule has 3 rings (SSSR count). The molecule has 2 fully saturated rings. The molecule has 0 N–H and O–H groups in total. The van der Waals surface area contributed by atoms with Gasteiger partial charge in [0.25, 0.3) is 5.69 Å². The van der Waals surface area contributed by atoms with Crippen molar-refractivity contribution >= 4 is 33.4 Å². The normalized spacial score (nSPS) is 33.8. The Morgan fingerprint density at radius 3 is 2.67 bits per heavy atom. The molecule has 2 aliphatic carbocycles. The number of nitro groups is 1. The van der Waals surface area contributed by atoms with Gasteiger partial charge in [-0.3, -0.25) is 10.1 Å². The third-order valence-electron chi connectivity index (χ3n) is 4.07. The van der Waals surface area contributed by atoms with E-state index in [2.05, 4.69) is 15.9 Å². The van der Waals surface area contributed by atoms with E-state index in [1.165, 1.54) is 19.3 Å². The fraction of sp³-hybridized carbons (Fsp3) is 0.538. The first-order valence-corrected chi connectivity index (χ1v) is 8.00. The van der Waals surface area contributed by atoms with Gasteiger partial charge in [0.05, 0.1) is 9.82 Å². The Morgan fingerprint density at radius 2 is 2.00 bits per heavy atom. The van der Waals surface area contributed by atoms with Crippen LogP contribution >= 0.6 is 27.7 Å². The lowest BCUT2D eigenvalue weighted by molar-refractivity contribution is -0.387. The molecule has 0 spiro atoms. The molecule has 2 aliphatic rings. The van der Waals surface area contributed by atoms with Gasteiger partial charge in [0, 0.05) is 16.1 Å². The Labute approximate surface area is 119 Å². The number of nitrogens with zero attached hydrogens (tertiary/aromatic N) is 1. The summed E-state index contributed by atoms with van der Waals surface area (Å²) in [4.78, 5) is 12.1. The smallest absolute Gasteiger partial charge is 0.258 e. The van der Waals surface area contributed by atoms with E-state index < -0.39 is 0 Å². The molecule has 0 aromatic heterocycles. The highest BCUT2D eigenvalue weighted by Gasteiger charge is 2.47. The maximum atomic E-state index is 11.0. The van der Waals surface area contributed by atoms with Crippen LogP contribution in [-0.4, -0.2) is 15.0 Å². The monoisotopic (exact) mass is 327 g/mol. The zero-order chi connectivity index (χ0) is 12.7. The fourth-order valence-electron chi connectivity index (χ4n) is 3.18. The number of nitro benzene ring substituents is 1. The fourth-order valence-corrected chi connectivity index (χ4v) is 5.93. The molecule has 0 heterocycles. The molecule has 96 valence electrons. The van der Waals surface area contributed by atoms with Gasteiger partial charge in [-0.15, -0.1) is 11.8 Å². The highest BCUT2D eigenvalue weighted by atomic mass is 79.9. The predicted molar refractivity (Wildman–Crippen MR) is 76.3 cm³/mol. The Bertz CT molecular complexity index is 480. The number of para-hydroxylation sites is 1. The van der Waals surface area contributed by atoms with Crippen LogP contribution in [0.1, 0.15) is 19.3 Å². The molecule has 1 aromatic rings. The van der Waals surface area contributed by atoms with Crippen LogP contribution in [0.15, 0.2) is 29.2 Å². The van der Waals surface area contributed by atoms with Crippen LogP contribution in [0.5, 0.6) is 0 Å². The van der Waals surface area contributed by atoms with Crippen LogP contribution in [0.4, 0.5) is 5.69 Å². The average molecular weight is 328 g/mol. The lowest BCUT2D eigenvalue weighted by Gasteiger charge is -2.26. The summed E-state index contributed by atoms with van der Waals surface area (Å²) < 4.78 is 0. The van der Waals surface area contributed by atoms with E-state index in [1.807, 2.05) is 12.1 Å². The molecule has 1 aromatic carbocycles. The highest BCUT2D eigenvalue weighted by Crippen LogP contribution is 2.54. The average Bonchev–Trinajstić information content (AvgIpc) is 2.93. The van der Waals surface area contributed by atoms with E-state index in [-0.39, 0.29) is 10.6 Å². The molecule has 2 bridgehead atoms. The van der Waals surface area contributed by atoms with Gasteiger partial charge < -0.3 is 0 Å². The number of thioether (sulfide) groups is 1. The van der Waals surface area contributed by atoms with Crippen molar-refractivity contribution in [2.75, 3.05) is 0 Å². The molecule has 18 heavy (non-hydrogen) atoms. The molecule has 3 nitrogen and oxygen atoms in total. The molecule has 0 amide bonds. The number of alkyl halides is 1. The molecule has 4 atom stereocenters. The van der Waals surface area contributed by atoms with Gasteiger partial charge in [0.2, 0.25) is 0 Å². The summed E-state index contributed by atoms with van der Waals surface area (Å²) in [6, 6.07) is 7.08. The molecule has 0 saturated heterocycles. The van der Waals surface area contributed by atoms with E-state index in [0.717, 1.165) is 16.7 Å². The summed E-state index contributed by atoms with van der Waals surface area (Å²) in [5.74, 6) is 1.50. The quantitative estimate of drug-likeness (QED) is 0.473. The molecular weight excluding hydrogens is 314 g/mol. The van der Waals surface area contributed by atoms with Crippen molar-refractivity contribution in [2.45, 2.75) is 34.2 Å². The summed E-state index contributed by atoms with van der Waals surface area (Å²) in [5, 5.41) is 11.5. The second-order valence-electron chi connectivity index (χ2n) is 5.08. The first kappa shape index (κ1) is 12.5. The van der Waals surface area contributed by atoms with Crippen molar-refractivity contribution in [3.63, 3.8) is 0 Å². The Morgan fingerprint density at radius 1 is 1.28 bits per heavy atom. The van der Waals surface area contributed by atoms with Gasteiger partial charge in [-0.25, -0.2) is 0 Å². The number of hydrogen-bond donors (Lipinski definition) is 0. The maximum absolute atomic E-state index is 11.0. The van der Waals surface area contributed by atoms with E-state index in [0.29, 0.717) is 10.1 Å². The topological polar surface area (TPSA) is 43.1 Å². The van der Waals surface area contributed by atoms with E-state index in [4.69, 9.17) is 0 Å². The van der Waals surface area contributed by atoms with Crippen LogP contribution in [0.3, 0.4) is 0 Å². The Kier molecular flexibility index (Phi) is 3.36. The lowest BCUT2D eigenvalue weighted by atomic mass is 10.0. The molecular formula is C13H14BrNO2S. The number of fused-ring (bicyclic) bond motifs is 2. The van der Waals surface area contributed by atoms with E-state index >= 15 is 0 Å². The summed E-state index contributed by atoms with van der Waals surface area (Å²) in [6.45, 7) is 0. The summed E-state index contributed by atoms with van der Waals surface area (Å²) >= 11 is 5.48. The van der Waals surface area contributed by atoms with Crippen LogP contribution in [-0.2, 0) is 0 Å². The molecule has 0 unspecified atom stereocenters. The molecule has 0 radical (unpaired) electrons. The van der Waals surface area contributed by atoms with E-state index in [9.17, 15) is 10.1 Å². The van der Waals surface area contributed by atoms with Gasteiger partial charge in [0.1, 0.15) is 0 Å². The van der Waals surface area contributed by atoms with Crippen LogP contribution in [0, 0.1) is 22.0 Å². The molecule has 0 aliphatic heterocycles. The minimum absolute atomic E-state index is 0.241. The second kappa shape index (κ2) is 4.85. The largest absolute Gasteiger partial charge is 0.282 e. The molecule has 2 saturated carbocycles. The molecule has 5 heteroatoms. The third-order valence-corrected chi connectivity index (χ3v) is 7.28. The first-order chi connectivity index (χ1) is 8.66. The Hall–Kier alpha value is -0.550. The van der Waals surface area contributed by atoms with E-state index in [1.54, 1.807) is 23.9 Å². The Balaban J connectivity index is 1.83. The minimum Gasteiger partial charge on any atom is -0.258 e. The van der Waals surface area contributed by atoms with Crippen LogP contribution < -0.4 is 0 Å². The predicted octanol–water partition coefficient (Wildman–Crippen LogP) is 4.25. The van der Waals surface area contributed by atoms with Crippen molar-refractivity contribution in [3.8, 4) is 0 Å². The first-order valence-electron chi connectivity index (χ1n) is 6.21.